The largest absolute Gasteiger partial charge is 0.497 e. The Morgan fingerprint density at radius 3 is 2.65 bits per heavy atom. The van der Waals surface area contributed by atoms with Crippen molar-refractivity contribution in [3.05, 3.63) is 89.6 Å². The van der Waals surface area contributed by atoms with Gasteiger partial charge in [-0.05, 0) is 67.4 Å². The highest BCUT2D eigenvalue weighted by Crippen LogP contribution is 2.49. The van der Waals surface area contributed by atoms with Gasteiger partial charge in [-0.25, -0.2) is 0 Å². The molecule has 0 radical (unpaired) electrons. The molecule has 8 heteroatoms. The molecule has 1 atom stereocenters. The maximum Gasteiger partial charge on any atom is 0.254 e. The van der Waals surface area contributed by atoms with E-state index in [1.807, 2.05) is 29.3 Å². The Kier molecular flexibility index (Phi) is 6.14. The fourth-order valence-corrected chi connectivity index (χ4v) is 6.18. The van der Waals surface area contributed by atoms with E-state index in [-0.39, 0.29) is 17.9 Å². The molecule has 3 aromatic heterocycles. The van der Waals surface area contributed by atoms with Crippen LogP contribution in [0.3, 0.4) is 0 Å². The SMILES string of the molecule is COc1ccc2c3c([nH]c2c1)[C@H](CO)N(C(=O)c1ccncc1)CC31CCN(Cc2cccnc2)CC1. The van der Waals surface area contributed by atoms with Gasteiger partial charge < -0.3 is 19.7 Å². The number of aliphatic hydroxyl groups is 1. The van der Waals surface area contributed by atoms with Crippen molar-refractivity contribution in [1.29, 1.82) is 0 Å². The number of hydrogen-bond donors (Lipinski definition) is 2. The number of carbonyl (C=O) groups excluding carboxylic acids is 1. The maximum absolute atomic E-state index is 13.8. The molecule has 4 aromatic rings. The first-order valence-corrected chi connectivity index (χ1v) is 12.7. The molecule has 8 nitrogen and oxygen atoms in total. The third-order valence-electron chi connectivity index (χ3n) is 8.05. The van der Waals surface area contributed by atoms with E-state index < -0.39 is 6.04 Å². The lowest BCUT2D eigenvalue weighted by Gasteiger charge is -2.50. The maximum atomic E-state index is 13.8. The normalized spacial score (nSPS) is 19.2. The number of amides is 1. The molecule has 190 valence electrons. The van der Waals surface area contributed by atoms with Crippen LogP contribution in [0.1, 0.15) is 46.1 Å². The Bertz CT molecular complexity index is 1400. The molecule has 0 saturated carbocycles. The second-order valence-corrected chi connectivity index (χ2v) is 10.1. The fraction of sp³-hybridized carbons (Fsp3) is 0.345. The molecule has 2 aliphatic rings. The predicted molar refractivity (Wildman–Crippen MR) is 140 cm³/mol. The van der Waals surface area contributed by atoms with Crippen LogP contribution in [0.4, 0.5) is 0 Å². The highest BCUT2D eigenvalue weighted by atomic mass is 16.5. The minimum absolute atomic E-state index is 0.0829. The molecule has 1 spiro atoms. The topological polar surface area (TPSA) is 94.6 Å². The monoisotopic (exact) mass is 497 g/mol. The first-order chi connectivity index (χ1) is 18.1. The van der Waals surface area contributed by atoms with Gasteiger partial charge in [-0.1, -0.05) is 6.07 Å². The van der Waals surface area contributed by atoms with Crippen LogP contribution in [-0.4, -0.2) is 69.1 Å². The number of H-pyrrole nitrogens is 1. The number of likely N-dealkylation sites (tertiary alicyclic amines) is 1. The van der Waals surface area contributed by atoms with Gasteiger partial charge in [-0.2, -0.15) is 0 Å². The van der Waals surface area contributed by atoms with Gasteiger partial charge in [0.05, 0.1) is 19.8 Å². The van der Waals surface area contributed by atoms with Crippen molar-refractivity contribution >= 4 is 16.8 Å². The van der Waals surface area contributed by atoms with E-state index in [4.69, 9.17) is 4.74 Å². The summed E-state index contributed by atoms with van der Waals surface area (Å²) in [5.74, 6) is 0.692. The van der Waals surface area contributed by atoms with E-state index in [1.54, 1.807) is 37.8 Å². The molecular weight excluding hydrogens is 466 g/mol. The van der Waals surface area contributed by atoms with Crippen LogP contribution in [0, 0.1) is 0 Å². The van der Waals surface area contributed by atoms with Crippen LogP contribution >= 0.6 is 0 Å². The summed E-state index contributed by atoms with van der Waals surface area (Å²) < 4.78 is 5.48. The van der Waals surface area contributed by atoms with Crippen molar-refractivity contribution in [3.63, 3.8) is 0 Å². The molecule has 0 bridgehead atoms. The van der Waals surface area contributed by atoms with Gasteiger partial charge in [-0.15, -0.1) is 0 Å². The van der Waals surface area contributed by atoms with Crippen molar-refractivity contribution in [2.75, 3.05) is 33.4 Å². The third kappa shape index (κ3) is 4.16. The lowest BCUT2D eigenvalue weighted by Crippen LogP contribution is -2.55. The van der Waals surface area contributed by atoms with Gasteiger partial charge in [-0.3, -0.25) is 19.7 Å². The van der Waals surface area contributed by atoms with E-state index in [9.17, 15) is 9.90 Å². The zero-order valence-electron chi connectivity index (χ0n) is 20.9. The Morgan fingerprint density at radius 2 is 1.95 bits per heavy atom. The van der Waals surface area contributed by atoms with Crippen molar-refractivity contribution in [2.24, 2.45) is 0 Å². The number of carbonyl (C=O) groups is 1. The number of methoxy groups -OCH3 is 1. The van der Waals surface area contributed by atoms with Gasteiger partial charge in [0.25, 0.3) is 5.91 Å². The molecule has 2 N–H and O–H groups in total. The summed E-state index contributed by atoms with van der Waals surface area (Å²) in [6, 6.07) is 13.2. The van der Waals surface area contributed by atoms with Crippen LogP contribution < -0.4 is 4.74 Å². The van der Waals surface area contributed by atoms with Crippen LogP contribution in [0.25, 0.3) is 10.9 Å². The number of fused-ring (bicyclic) bond motifs is 4. The summed E-state index contributed by atoms with van der Waals surface area (Å²) in [6.45, 7) is 3.10. The van der Waals surface area contributed by atoms with Crippen LogP contribution in [0.5, 0.6) is 5.75 Å². The summed E-state index contributed by atoms with van der Waals surface area (Å²) in [5, 5.41) is 11.7. The average molecular weight is 498 g/mol. The summed E-state index contributed by atoms with van der Waals surface area (Å²) in [6.07, 6.45) is 8.83. The molecule has 2 aliphatic heterocycles. The summed E-state index contributed by atoms with van der Waals surface area (Å²) in [7, 11) is 1.66. The minimum Gasteiger partial charge on any atom is -0.497 e. The molecule has 6 rings (SSSR count). The van der Waals surface area contributed by atoms with Gasteiger partial charge in [0.1, 0.15) is 5.75 Å². The number of rotatable bonds is 5. The van der Waals surface area contributed by atoms with Crippen molar-refractivity contribution in [1.82, 2.24) is 24.8 Å². The molecule has 37 heavy (non-hydrogen) atoms. The third-order valence-corrected chi connectivity index (χ3v) is 8.05. The van der Waals surface area contributed by atoms with E-state index in [0.717, 1.165) is 54.8 Å². The van der Waals surface area contributed by atoms with Gasteiger partial charge in [0.2, 0.25) is 0 Å². The molecule has 0 aliphatic carbocycles. The minimum atomic E-state index is -0.451. The van der Waals surface area contributed by atoms with Crippen molar-refractivity contribution < 1.29 is 14.6 Å². The number of benzene rings is 1. The molecular formula is C29H31N5O3. The highest BCUT2D eigenvalue weighted by Gasteiger charge is 2.48. The second-order valence-electron chi connectivity index (χ2n) is 10.1. The Morgan fingerprint density at radius 1 is 1.14 bits per heavy atom. The van der Waals surface area contributed by atoms with E-state index in [1.165, 1.54) is 11.1 Å². The first-order valence-electron chi connectivity index (χ1n) is 12.7. The Hall–Kier alpha value is -3.75. The van der Waals surface area contributed by atoms with E-state index >= 15 is 0 Å². The Balaban J connectivity index is 1.40. The molecule has 1 fully saturated rings. The van der Waals surface area contributed by atoms with Crippen molar-refractivity contribution in [3.8, 4) is 5.75 Å². The van der Waals surface area contributed by atoms with Gasteiger partial charge in [0, 0.05) is 71.5 Å². The molecule has 1 amide bonds. The number of aromatic nitrogens is 3. The first kappa shape index (κ1) is 23.6. The van der Waals surface area contributed by atoms with Crippen LogP contribution in [0.2, 0.25) is 0 Å². The second kappa shape index (κ2) is 9.61. The zero-order chi connectivity index (χ0) is 25.4. The van der Waals surface area contributed by atoms with Crippen LogP contribution in [0.15, 0.2) is 67.3 Å². The number of nitrogens with zero attached hydrogens (tertiary/aromatic N) is 4. The van der Waals surface area contributed by atoms with E-state index in [0.29, 0.717) is 12.1 Å². The van der Waals surface area contributed by atoms with Gasteiger partial charge in [0.15, 0.2) is 0 Å². The lowest BCUT2D eigenvalue weighted by molar-refractivity contribution is 0.0338. The van der Waals surface area contributed by atoms with Crippen LogP contribution in [-0.2, 0) is 12.0 Å². The average Bonchev–Trinajstić information content (AvgIpc) is 3.34. The molecule has 0 unspecified atom stereocenters. The van der Waals surface area contributed by atoms with Gasteiger partial charge >= 0.3 is 0 Å². The highest BCUT2D eigenvalue weighted by molar-refractivity contribution is 5.95. The quantitative estimate of drug-likeness (QED) is 0.437. The predicted octanol–water partition coefficient (Wildman–Crippen LogP) is 3.69. The molecule has 1 aromatic carbocycles. The molecule has 5 heterocycles. The standard InChI is InChI=1S/C29H31N5O3/c1-37-22-4-5-23-24(15-22)32-27-25(18-35)34(28(36)21-6-11-30-12-7-21)19-29(26(23)27)8-13-33(14-9-29)17-20-3-2-10-31-16-20/h2-7,10-12,15-16,25,32,35H,8-9,13-14,17-19H2,1H3/t25-/m0/s1. The number of hydrogen-bond acceptors (Lipinski definition) is 6. The Labute approximate surface area is 215 Å². The number of aromatic amines is 1. The summed E-state index contributed by atoms with van der Waals surface area (Å²) in [5.41, 5.74) is 4.71. The number of aliphatic hydroxyl groups excluding tert-OH is 1. The fourth-order valence-electron chi connectivity index (χ4n) is 6.18. The number of ether oxygens (including phenoxy) is 1. The lowest BCUT2D eigenvalue weighted by atomic mass is 9.68. The number of pyridine rings is 2. The number of nitrogens with one attached hydrogen (secondary N) is 1. The molecule has 1 saturated heterocycles. The zero-order valence-corrected chi connectivity index (χ0v) is 20.9. The van der Waals surface area contributed by atoms with E-state index in [2.05, 4.69) is 32.0 Å². The summed E-state index contributed by atoms with van der Waals surface area (Å²) >= 11 is 0. The summed E-state index contributed by atoms with van der Waals surface area (Å²) in [4.78, 5) is 30.0. The number of piperidine rings is 1. The smallest absolute Gasteiger partial charge is 0.254 e. The van der Waals surface area contributed by atoms with Crippen molar-refractivity contribution in [2.45, 2.75) is 30.8 Å².